The van der Waals surface area contributed by atoms with Crippen LogP contribution in [0, 0.1) is 12.7 Å². The average molecular weight is 495 g/mol. The van der Waals surface area contributed by atoms with Crippen molar-refractivity contribution in [1.29, 1.82) is 0 Å². The number of para-hydroxylation sites is 1. The maximum absolute atomic E-state index is 14.6. The fourth-order valence-corrected chi connectivity index (χ4v) is 6.16. The van der Waals surface area contributed by atoms with Crippen LogP contribution in [0.1, 0.15) is 36.4 Å². The van der Waals surface area contributed by atoms with Gasteiger partial charge in [0.25, 0.3) is 0 Å². The summed E-state index contributed by atoms with van der Waals surface area (Å²) in [5.74, 6) is -0.540. The first-order valence-electron chi connectivity index (χ1n) is 13.1. The lowest BCUT2D eigenvalue weighted by Gasteiger charge is -2.41. The zero-order valence-electron chi connectivity index (χ0n) is 20.8. The van der Waals surface area contributed by atoms with E-state index < -0.39 is 5.82 Å². The first kappa shape index (κ1) is 23.8. The molecule has 4 aliphatic rings. The zero-order chi connectivity index (χ0) is 24.6. The molecule has 0 aromatic heterocycles. The minimum Gasteiger partial charge on any atom is -0.379 e. The molecule has 6 rings (SSSR count). The fraction of sp³-hybridized carbons (Fsp3) is 0.519. The quantitative estimate of drug-likeness (QED) is 0.602. The Morgan fingerprint density at radius 3 is 2.44 bits per heavy atom. The van der Waals surface area contributed by atoms with Gasteiger partial charge in [0.15, 0.2) is 0 Å². The summed E-state index contributed by atoms with van der Waals surface area (Å²) in [4.78, 5) is 17.9. The van der Waals surface area contributed by atoms with Crippen LogP contribution in [0.25, 0.3) is 0 Å². The van der Waals surface area contributed by atoms with Crippen LogP contribution in [0.3, 0.4) is 0 Å². The van der Waals surface area contributed by atoms with Crippen LogP contribution in [0.4, 0.5) is 15.8 Å². The van der Waals surface area contributed by atoms with Crippen LogP contribution in [-0.2, 0) is 9.53 Å². The average Bonchev–Trinajstić information content (AvgIpc) is 3.32. The zero-order valence-corrected chi connectivity index (χ0v) is 20.8. The number of carbonyl (C=O) groups is 1. The molecule has 4 saturated heterocycles. The third-order valence-corrected chi connectivity index (χ3v) is 8.19. The van der Waals surface area contributed by atoms with E-state index in [1.807, 2.05) is 13.0 Å². The van der Waals surface area contributed by atoms with Crippen LogP contribution in [0.2, 0.25) is 0 Å². The summed E-state index contributed by atoms with van der Waals surface area (Å²) in [5.41, 5.74) is 13.4. The summed E-state index contributed by atoms with van der Waals surface area (Å²) < 4.78 is 20.2. The number of aryl methyl sites for hydroxylation is 1. The molecule has 0 bridgehead atoms. The highest BCUT2D eigenvalue weighted by Crippen LogP contribution is 2.33. The van der Waals surface area contributed by atoms with Crippen molar-refractivity contribution in [1.82, 2.24) is 21.2 Å². The van der Waals surface area contributed by atoms with E-state index in [2.05, 4.69) is 50.3 Å². The SMILES string of the molecule is Cc1cccc(F)c1N1NC2C(CC1=O)NNC2c1ccc(N2CCC(N3CCOCC3)CC2)cc1. The Morgan fingerprint density at radius 2 is 1.72 bits per heavy atom. The number of carbonyl (C=O) groups excluding carboxylic acids is 1. The first-order valence-corrected chi connectivity index (χ1v) is 13.1. The Hall–Kier alpha value is -2.56. The van der Waals surface area contributed by atoms with Gasteiger partial charge < -0.3 is 9.64 Å². The molecular weight excluding hydrogens is 459 g/mol. The van der Waals surface area contributed by atoms with Gasteiger partial charge >= 0.3 is 0 Å². The van der Waals surface area contributed by atoms with Crippen molar-refractivity contribution in [2.75, 3.05) is 49.3 Å². The number of fused-ring (bicyclic) bond motifs is 1. The minimum absolute atomic E-state index is 0.0428. The summed E-state index contributed by atoms with van der Waals surface area (Å²) in [7, 11) is 0. The van der Waals surface area contributed by atoms with Crippen molar-refractivity contribution >= 4 is 17.3 Å². The van der Waals surface area contributed by atoms with Gasteiger partial charge in [-0.05, 0) is 49.1 Å². The molecule has 2 aromatic rings. The molecule has 9 heteroatoms. The molecule has 8 nitrogen and oxygen atoms in total. The standard InChI is InChI=1S/C27H35FN6O2/c1-18-3-2-4-22(28)27(18)34-24(35)17-23-26(31-34)25(30-29-23)19-5-7-20(8-6-19)32-11-9-21(10-12-32)33-13-15-36-16-14-33/h2-8,21,23,25-26,29-31H,9-17H2,1H3. The number of ether oxygens (including phenoxy) is 1. The predicted molar refractivity (Wildman–Crippen MR) is 137 cm³/mol. The van der Waals surface area contributed by atoms with Crippen LogP contribution in [0.15, 0.2) is 42.5 Å². The van der Waals surface area contributed by atoms with Crippen molar-refractivity contribution < 1.29 is 13.9 Å². The van der Waals surface area contributed by atoms with Crippen molar-refractivity contribution in [3.63, 3.8) is 0 Å². The minimum atomic E-state index is -0.397. The molecule has 0 radical (unpaired) electrons. The Morgan fingerprint density at radius 1 is 0.972 bits per heavy atom. The van der Waals surface area contributed by atoms with Gasteiger partial charge in [-0.25, -0.2) is 20.3 Å². The topological polar surface area (TPSA) is 72.1 Å². The number of hydrazine groups is 2. The number of piperidine rings is 1. The van der Waals surface area contributed by atoms with Crippen LogP contribution < -0.4 is 26.2 Å². The van der Waals surface area contributed by atoms with E-state index in [-0.39, 0.29) is 24.0 Å². The second kappa shape index (κ2) is 10.1. The van der Waals surface area contributed by atoms with Crippen molar-refractivity contribution in [3.8, 4) is 0 Å². The first-order chi connectivity index (χ1) is 17.6. The molecule has 3 unspecified atom stereocenters. The molecule has 3 atom stereocenters. The van der Waals surface area contributed by atoms with E-state index in [1.165, 1.54) is 29.6 Å². The molecule has 192 valence electrons. The number of nitrogens with one attached hydrogen (secondary N) is 3. The van der Waals surface area contributed by atoms with Crippen molar-refractivity contribution in [2.24, 2.45) is 0 Å². The molecule has 0 saturated carbocycles. The molecule has 0 aliphatic carbocycles. The number of hydrogen-bond acceptors (Lipinski definition) is 7. The second-order valence-electron chi connectivity index (χ2n) is 10.3. The maximum Gasteiger partial charge on any atom is 0.243 e. The number of hydrogen-bond donors (Lipinski definition) is 3. The Labute approximate surface area is 211 Å². The van der Waals surface area contributed by atoms with E-state index in [0.717, 1.165) is 50.5 Å². The number of anilines is 2. The largest absolute Gasteiger partial charge is 0.379 e. The Kier molecular flexibility index (Phi) is 6.66. The maximum atomic E-state index is 14.6. The van der Waals surface area contributed by atoms with E-state index >= 15 is 0 Å². The van der Waals surface area contributed by atoms with Gasteiger partial charge in [-0.3, -0.25) is 15.1 Å². The monoisotopic (exact) mass is 494 g/mol. The van der Waals surface area contributed by atoms with Gasteiger partial charge in [-0.2, -0.15) is 0 Å². The number of rotatable bonds is 4. The summed E-state index contributed by atoms with van der Waals surface area (Å²) in [6.45, 7) is 7.77. The van der Waals surface area contributed by atoms with Gasteiger partial charge in [0, 0.05) is 50.4 Å². The molecule has 36 heavy (non-hydrogen) atoms. The molecule has 3 N–H and O–H groups in total. The number of benzene rings is 2. The number of morpholine rings is 1. The number of nitrogens with zero attached hydrogens (tertiary/aromatic N) is 3. The van der Waals surface area contributed by atoms with Crippen LogP contribution >= 0.6 is 0 Å². The van der Waals surface area contributed by atoms with E-state index in [4.69, 9.17) is 4.74 Å². The van der Waals surface area contributed by atoms with Crippen molar-refractivity contribution in [3.05, 3.63) is 59.4 Å². The normalized spacial score (nSPS) is 27.9. The van der Waals surface area contributed by atoms with Gasteiger partial charge in [-0.1, -0.05) is 24.3 Å². The highest BCUT2D eigenvalue weighted by Gasteiger charge is 2.44. The van der Waals surface area contributed by atoms with E-state index in [0.29, 0.717) is 18.2 Å². The molecule has 4 fully saturated rings. The molecule has 1 amide bonds. The lowest BCUT2D eigenvalue weighted by molar-refractivity contribution is -0.121. The fourth-order valence-electron chi connectivity index (χ4n) is 6.16. The van der Waals surface area contributed by atoms with Gasteiger partial charge in [0.2, 0.25) is 5.91 Å². The van der Waals surface area contributed by atoms with Crippen LogP contribution in [0.5, 0.6) is 0 Å². The highest BCUT2D eigenvalue weighted by molar-refractivity contribution is 5.94. The number of halogens is 1. The van der Waals surface area contributed by atoms with Gasteiger partial charge in [0.05, 0.1) is 31.0 Å². The van der Waals surface area contributed by atoms with E-state index in [1.54, 1.807) is 6.07 Å². The molecule has 4 aliphatic heterocycles. The summed E-state index contributed by atoms with van der Waals surface area (Å²) >= 11 is 0. The lowest BCUT2D eigenvalue weighted by Crippen LogP contribution is -2.60. The molecule has 0 spiro atoms. The summed E-state index contributed by atoms with van der Waals surface area (Å²) in [6.07, 6.45) is 2.66. The Balaban J connectivity index is 1.12. The van der Waals surface area contributed by atoms with Crippen LogP contribution in [-0.4, -0.2) is 68.3 Å². The molecule has 4 heterocycles. The lowest BCUT2D eigenvalue weighted by atomic mass is 9.93. The van der Waals surface area contributed by atoms with E-state index in [9.17, 15) is 9.18 Å². The van der Waals surface area contributed by atoms with Gasteiger partial charge in [0.1, 0.15) is 5.82 Å². The number of amides is 1. The molecule has 2 aromatic carbocycles. The summed E-state index contributed by atoms with van der Waals surface area (Å²) in [5, 5.41) is 1.40. The highest BCUT2D eigenvalue weighted by atomic mass is 19.1. The van der Waals surface area contributed by atoms with Gasteiger partial charge in [-0.15, -0.1) is 0 Å². The smallest absolute Gasteiger partial charge is 0.243 e. The third kappa shape index (κ3) is 4.50. The Bertz CT molecular complexity index is 1060. The molecular formula is C27H35FN6O2. The predicted octanol–water partition coefficient (Wildman–Crippen LogP) is 2.26. The second-order valence-corrected chi connectivity index (χ2v) is 10.3. The third-order valence-electron chi connectivity index (χ3n) is 8.19. The summed E-state index contributed by atoms with van der Waals surface area (Å²) in [6, 6.07) is 14.1. The van der Waals surface area contributed by atoms with Crippen molar-refractivity contribution in [2.45, 2.75) is 50.4 Å².